The molecule has 1 N–H and O–H groups in total. The highest BCUT2D eigenvalue weighted by Crippen LogP contribution is 2.40. The van der Waals surface area contributed by atoms with Crippen LogP contribution in [0.25, 0.3) is 0 Å². The third-order valence-electron chi connectivity index (χ3n) is 3.40. The van der Waals surface area contributed by atoms with Crippen molar-refractivity contribution < 1.29 is 0 Å². The van der Waals surface area contributed by atoms with Crippen LogP contribution in [0, 0.1) is 0 Å². The summed E-state index contributed by atoms with van der Waals surface area (Å²) < 4.78 is 0. The third kappa shape index (κ3) is 1.57. The van der Waals surface area contributed by atoms with Gasteiger partial charge in [-0.05, 0) is 30.7 Å². The summed E-state index contributed by atoms with van der Waals surface area (Å²) in [5.41, 5.74) is 5.03. The number of hydrogen-bond donors (Lipinski definition) is 1. The Morgan fingerprint density at radius 2 is 1.59 bits per heavy atom. The van der Waals surface area contributed by atoms with E-state index in [1.54, 1.807) is 0 Å². The van der Waals surface area contributed by atoms with E-state index in [1.807, 2.05) is 0 Å². The molecular weight excluding hydrogens is 208 g/mol. The van der Waals surface area contributed by atoms with E-state index in [0.717, 1.165) is 0 Å². The maximum absolute atomic E-state index is 3.57. The summed E-state index contributed by atoms with van der Waals surface area (Å²) >= 11 is 0. The van der Waals surface area contributed by atoms with Crippen molar-refractivity contribution in [1.82, 2.24) is 0 Å². The summed E-state index contributed by atoms with van der Waals surface area (Å²) in [5.74, 6) is 0. The van der Waals surface area contributed by atoms with Crippen LogP contribution in [0.1, 0.15) is 18.5 Å². The fourth-order valence-electron chi connectivity index (χ4n) is 2.49. The molecule has 1 atom stereocenters. The number of nitrogens with zero attached hydrogens (tertiary/aromatic N) is 1. The van der Waals surface area contributed by atoms with Crippen LogP contribution in [0.5, 0.6) is 0 Å². The second-order valence-corrected chi connectivity index (χ2v) is 4.50. The quantitative estimate of drug-likeness (QED) is 0.729. The zero-order chi connectivity index (χ0) is 11.8. The average Bonchev–Trinajstić information content (AvgIpc) is 2.48. The Kier molecular flexibility index (Phi) is 2.29. The lowest BCUT2D eigenvalue weighted by atomic mass is 10.1. The number of nitrogens with one attached hydrogen (secondary N) is 1. The van der Waals surface area contributed by atoms with Gasteiger partial charge < -0.3 is 10.2 Å². The van der Waals surface area contributed by atoms with Gasteiger partial charge >= 0.3 is 0 Å². The Labute approximate surface area is 102 Å². The first-order valence-corrected chi connectivity index (χ1v) is 5.95. The Morgan fingerprint density at radius 3 is 2.41 bits per heavy atom. The van der Waals surface area contributed by atoms with E-state index in [1.165, 1.54) is 22.6 Å². The van der Waals surface area contributed by atoms with E-state index in [2.05, 4.69) is 72.7 Å². The zero-order valence-electron chi connectivity index (χ0n) is 10.1. The van der Waals surface area contributed by atoms with Crippen molar-refractivity contribution >= 4 is 17.1 Å². The molecule has 0 spiro atoms. The van der Waals surface area contributed by atoms with Crippen LogP contribution in [-0.2, 0) is 0 Å². The summed E-state index contributed by atoms with van der Waals surface area (Å²) in [6, 6.07) is 17.3. The molecule has 0 aromatic heterocycles. The molecular formula is C15H16N2. The predicted octanol–water partition coefficient (Wildman–Crippen LogP) is 3.94. The van der Waals surface area contributed by atoms with Crippen LogP contribution in [0.3, 0.4) is 0 Å². The van der Waals surface area contributed by atoms with Crippen molar-refractivity contribution in [2.45, 2.75) is 13.0 Å². The van der Waals surface area contributed by atoms with E-state index >= 15 is 0 Å². The Hall–Kier alpha value is -1.96. The van der Waals surface area contributed by atoms with Crippen molar-refractivity contribution in [2.75, 3.05) is 17.3 Å². The second kappa shape index (κ2) is 3.81. The van der Waals surface area contributed by atoms with E-state index in [4.69, 9.17) is 0 Å². The highest BCUT2D eigenvalue weighted by Gasteiger charge is 2.20. The maximum Gasteiger partial charge on any atom is 0.0644 e. The molecule has 2 nitrogen and oxygen atoms in total. The lowest BCUT2D eigenvalue weighted by Crippen LogP contribution is -2.10. The Balaban J connectivity index is 2.22. The summed E-state index contributed by atoms with van der Waals surface area (Å²) in [7, 11) is 2.12. The molecule has 1 heterocycles. The first-order chi connectivity index (χ1) is 8.27. The maximum atomic E-state index is 3.57. The highest BCUT2D eigenvalue weighted by atomic mass is 15.1. The van der Waals surface area contributed by atoms with Crippen LogP contribution >= 0.6 is 0 Å². The number of benzene rings is 2. The normalized spacial score (nSPS) is 17.8. The summed E-state index contributed by atoms with van der Waals surface area (Å²) in [4.78, 5) is 2.25. The van der Waals surface area contributed by atoms with Gasteiger partial charge in [-0.3, -0.25) is 0 Å². The summed E-state index contributed by atoms with van der Waals surface area (Å²) in [6.07, 6.45) is 0. The van der Waals surface area contributed by atoms with Crippen molar-refractivity contribution in [2.24, 2.45) is 0 Å². The molecule has 3 rings (SSSR count). The molecule has 2 heteroatoms. The fourth-order valence-corrected chi connectivity index (χ4v) is 2.49. The van der Waals surface area contributed by atoms with Gasteiger partial charge in [-0.2, -0.15) is 0 Å². The number of fused-ring (bicyclic) bond motifs is 2. The van der Waals surface area contributed by atoms with Crippen molar-refractivity contribution in [3.63, 3.8) is 0 Å². The summed E-state index contributed by atoms with van der Waals surface area (Å²) in [6.45, 7) is 2.20. The first-order valence-electron chi connectivity index (χ1n) is 5.95. The molecule has 2 aromatic carbocycles. The minimum atomic E-state index is 0.331. The lowest BCUT2D eigenvalue weighted by molar-refractivity contribution is 0.891. The topological polar surface area (TPSA) is 15.3 Å². The van der Waals surface area contributed by atoms with Crippen LogP contribution in [-0.4, -0.2) is 7.05 Å². The molecule has 17 heavy (non-hydrogen) atoms. The van der Waals surface area contributed by atoms with Gasteiger partial charge in [0.15, 0.2) is 0 Å². The van der Waals surface area contributed by atoms with Gasteiger partial charge in [0.25, 0.3) is 0 Å². The minimum Gasteiger partial charge on any atom is -0.377 e. The molecule has 0 saturated carbocycles. The molecule has 1 aliphatic heterocycles. The SMILES string of the molecule is CC1Nc2ccccc2N(C)c2ccccc21. The van der Waals surface area contributed by atoms with Crippen LogP contribution in [0.2, 0.25) is 0 Å². The van der Waals surface area contributed by atoms with E-state index in [9.17, 15) is 0 Å². The van der Waals surface area contributed by atoms with Gasteiger partial charge in [-0.25, -0.2) is 0 Å². The van der Waals surface area contributed by atoms with Gasteiger partial charge in [0.2, 0.25) is 0 Å². The van der Waals surface area contributed by atoms with Gasteiger partial charge in [0, 0.05) is 12.7 Å². The van der Waals surface area contributed by atoms with Crippen molar-refractivity contribution in [3.8, 4) is 0 Å². The monoisotopic (exact) mass is 224 g/mol. The molecule has 0 fully saturated rings. The number of para-hydroxylation sites is 3. The lowest BCUT2D eigenvalue weighted by Gasteiger charge is -2.21. The average molecular weight is 224 g/mol. The van der Waals surface area contributed by atoms with Gasteiger partial charge in [-0.1, -0.05) is 30.3 Å². The van der Waals surface area contributed by atoms with E-state index < -0.39 is 0 Å². The number of rotatable bonds is 0. The van der Waals surface area contributed by atoms with E-state index in [-0.39, 0.29) is 0 Å². The van der Waals surface area contributed by atoms with Gasteiger partial charge in [-0.15, -0.1) is 0 Å². The smallest absolute Gasteiger partial charge is 0.0644 e. The van der Waals surface area contributed by atoms with Gasteiger partial charge in [0.1, 0.15) is 0 Å². The Bertz CT molecular complexity index is 548. The predicted molar refractivity (Wildman–Crippen MR) is 73.0 cm³/mol. The second-order valence-electron chi connectivity index (χ2n) is 4.50. The molecule has 0 bridgehead atoms. The molecule has 86 valence electrons. The standard InChI is InChI=1S/C15H16N2/c1-11-12-7-3-5-9-14(12)17(2)15-10-6-4-8-13(15)16-11/h3-11,16H,1-2H3. The van der Waals surface area contributed by atoms with Crippen LogP contribution in [0.4, 0.5) is 17.1 Å². The molecule has 1 aliphatic rings. The Morgan fingerprint density at radius 1 is 0.941 bits per heavy atom. The summed E-state index contributed by atoms with van der Waals surface area (Å²) in [5, 5.41) is 3.57. The fraction of sp³-hybridized carbons (Fsp3) is 0.200. The molecule has 0 aliphatic carbocycles. The molecule has 0 amide bonds. The molecule has 0 saturated heterocycles. The third-order valence-corrected chi connectivity index (χ3v) is 3.40. The zero-order valence-corrected chi connectivity index (χ0v) is 10.1. The van der Waals surface area contributed by atoms with Crippen molar-refractivity contribution in [1.29, 1.82) is 0 Å². The number of anilines is 3. The first kappa shape index (κ1) is 10.2. The molecule has 2 aromatic rings. The van der Waals surface area contributed by atoms with Crippen LogP contribution in [0.15, 0.2) is 48.5 Å². The van der Waals surface area contributed by atoms with Crippen molar-refractivity contribution in [3.05, 3.63) is 54.1 Å². The van der Waals surface area contributed by atoms with Crippen LogP contribution < -0.4 is 10.2 Å². The molecule has 0 radical (unpaired) electrons. The largest absolute Gasteiger partial charge is 0.377 e. The molecule has 1 unspecified atom stereocenters. The van der Waals surface area contributed by atoms with Gasteiger partial charge in [0.05, 0.1) is 17.4 Å². The minimum absolute atomic E-state index is 0.331. The number of hydrogen-bond acceptors (Lipinski definition) is 2. The van der Waals surface area contributed by atoms with E-state index in [0.29, 0.717) is 6.04 Å². The highest BCUT2D eigenvalue weighted by molar-refractivity contribution is 5.80.